The Hall–Kier alpha value is -2.17. The fraction of sp³-hybridized carbons (Fsp3) is 0.368. The van der Waals surface area contributed by atoms with Crippen LogP contribution >= 0.6 is 11.6 Å². The summed E-state index contributed by atoms with van der Waals surface area (Å²) < 4.78 is 65.0. The van der Waals surface area contributed by atoms with Gasteiger partial charge in [-0.05, 0) is 36.6 Å². The van der Waals surface area contributed by atoms with E-state index in [0.717, 1.165) is 12.1 Å². The lowest BCUT2D eigenvalue weighted by Crippen LogP contribution is -2.42. The number of pyridine rings is 1. The topological polar surface area (TPSA) is 79.4 Å². The van der Waals surface area contributed by atoms with E-state index in [1.54, 1.807) is 12.1 Å². The van der Waals surface area contributed by atoms with Gasteiger partial charge in [0, 0.05) is 25.2 Å². The molecule has 1 amide bonds. The van der Waals surface area contributed by atoms with Crippen molar-refractivity contribution in [1.29, 1.82) is 0 Å². The number of sulfonamides is 1. The smallest absolute Gasteiger partial charge is 0.310 e. The molecule has 6 nitrogen and oxygen atoms in total. The summed E-state index contributed by atoms with van der Waals surface area (Å²) in [7, 11) is -3.80. The van der Waals surface area contributed by atoms with Crippen LogP contribution in [-0.2, 0) is 26.7 Å². The molecule has 0 atom stereocenters. The van der Waals surface area contributed by atoms with Crippen molar-refractivity contribution in [3.63, 3.8) is 0 Å². The first-order valence-electron chi connectivity index (χ1n) is 9.11. The molecule has 1 aromatic heterocycles. The number of nitrogens with zero attached hydrogens (tertiary/aromatic N) is 2. The van der Waals surface area contributed by atoms with Crippen molar-refractivity contribution >= 4 is 33.3 Å². The molecule has 11 heteroatoms. The lowest BCUT2D eigenvalue weighted by molar-refractivity contribution is -0.137. The average molecular weight is 462 g/mol. The third-order valence-electron chi connectivity index (χ3n) is 4.80. The Labute approximate surface area is 177 Å². The molecule has 0 aliphatic carbocycles. The summed E-state index contributed by atoms with van der Waals surface area (Å²) in [5, 5.41) is 3.11. The normalized spacial score (nSPS) is 16.4. The Morgan fingerprint density at radius 2 is 1.90 bits per heavy atom. The number of benzene rings is 1. The zero-order valence-electron chi connectivity index (χ0n) is 15.7. The number of alkyl halides is 3. The number of amides is 1. The van der Waals surface area contributed by atoms with Gasteiger partial charge in [-0.3, -0.25) is 4.79 Å². The number of hydrogen-bond acceptors (Lipinski definition) is 4. The molecule has 1 aliphatic rings. The van der Waals surface area contributed by atoms with Crippen molar-refractivity contribution in [3.05, 3.63) is 58.7 Å². The maximum atomic E-state index is 12.8. The zero-order chi connectivity index (χ0) is 21.9. The second-order valence-electron chi connectivity index (χ2n) is 6.98. The highest BCUT2D eigenvalue weighted by atomic mass is 35.5. The van der Waals surface area contributed by atoms with Crippen LogP contribution in [0, 0.1) is 5.92 Å². The van der Waals surface area contributed by atoms with Crippen molar-refractivity contribution in [3.8, 4) is 0 Å². The molecule has 1 N–H and O–H groups in total. The van der Waals surface area contributed by atoms with E-state index in [-0.39, 0.29) is 30.5 Å². The molecule has 30 heavy (non-hydrogen) atoms. The molecule has 1 aromatic carbocycles. The summed E-state index contributed by atoms with van der Waals surface area (Å²) in [6, 6.07) is 7.44. The standard InChI is InChI=1S/C19H19ClF3N3O3S/c20-16-4-5-17(24-11-16)25-18(27)14-6-8-26(9-7-14)30(28,29)12-13-2-1-3-15(10-13)19(21,22)23/h1-5,10-11,14H,6-9,12H2,(H,24,25,27). The number of piperidine rings is 1. The molecule has 0 radical (unpaired) electrons. The van der Waals surface area contributed by atoms with E-state index in [1.807, 2.05) is 0 Å². The summed E-state index contributed by atoms with van der Waals surface area (Å²) in [4.78, 5) is 16.4. The summed E-state index contributed by atoms with van der Waals surface area (Å²) in [5.41, 5.74) is -0.820. The van der Waals surface area contributed by atoms with Crippen LogP contribution in [-0.4, -0.2) is 36.7 Å². The second kappa shape index (κ2) is 8.91. The van der Waals surface area contributed by atoms with E-state index in [0.29, 0.717) is 23.7 Å². The first-order valence-corrected chi connectivity index (χ1v) is 11.1. The highest BCUT2D eigenvalue weighted by Gasteiger charge is 2.33. The van der Waals surface area contributed by atoms with Gasteiger partial charge in [-0.2, -0.15) is 13.2 Å². The Bertz CT molecular complexity index is 1010. The lowest BCUT2D eigenvalue weighted by Gasteiger charge is -2.30. The van der Waals surface area contributed by atoms with Crippen molar-refractivity contribution in [2.45, 2.75) is 24.8 Å². The molecule has 1 fully saturated rings. The Morgan fingerprint density at radius 3 is 2.50 bits per heavy atom. The molecule has 1 saturated heterocycles. The number of rotatable bonds is 5. The molecule has 0 saturated carbocycles. The summed E-state index contributed by atoms with van der Waals surface area (Å²) in [6.45, 7) is 0.237. The highest BCUT2D eigenvalue weighted by molar-refractivity contribution is 7.88. The van der Waals surface area contributed by atoms with Crippen molar-refractivity contribution in [2.24, 2.45) is 5.92 Å². The van der Waals surface area contributed by atoms with Gasteiger partial charge >= 0.3 is 6.18 Å². The van der Waals surface area contributed by atoms with E-state index in [9.17, 15) is 26.4 Å². The van der Waals surface area contributed by atoms with Gasteiger partial charge in [-0.25, -0.2) is 17.7 Å². The Kier molecular flexibility index (Phi) is 6.68. The van der Waals surface area contributed by atoms with Gasteiger partial charge in [-0.1, -0.05) is 29.8 Å². The molecule has 0 spiro atoms. The van der Waals surface area contributed by atoms with E-state index in [1.165, 1.54) is 22.6 Å². The van der Waals surface area contributed by atoms with Crippen LogP contribution in [0.1, 0.15) is 24.0 Å². The molecule has 2 heterocycles. The van der Waals surface area contributed by atoms with Gasteiger partial charge in [0.05, 0.1) is 16.3 Å². The van der Waals surface area contributed by atoms with E-state index in [2.05, 4.69) is 10.3 Å². The number of carbonyl (C=O) groups is 1. The third kappa shape index (κ3) is 5.71. The van der Waals surface area contributed by atoms with Crippen LogP contribution in [0.2, 0.25) is 5.02 Å². The first-order chi connectivity index (χ1) is 14.0. The summed E-state index contributed by atoms with van der Waals surface area (Å²) >= 11 is 5.75. The minimum atomic E-state index is -4.54. The van der Waals surface area contributed by atoms with Crippen molar-refractivity contribution in [2.75, 3.05) is 18.4 Å². The number of halogens is 4. The molecule has 162 valence electrons. The molecule has 2 aromatic rings. The minimum Gasteiger partial charge on any atom is -0.310 e. The number of carbonyl (C=O) groups excluding carboxylic acids is 1. The fourth-order valence-electron chi connectivity index (χ4n) is 3.21. The van der Waals surface area contributed by atoms with Crippen LogP contribution in [0.25, 0.3) is 0 Å². The van der Waals surface area contributed by atoms with Gasteiger partial charge in [-0.15, -0.1) is 0 Å². The third-order valence-corrected chi connectivity index (χ3v) is 6.87. The molecule has 3 rings (SSSR count). The molecule has 0 bridgehead atoms. The maximum absolute atomic E-state index is 12.8. The Morgan fingerprint density at radius 1 is 1.20 bits per heavy atom. The quantitative estimate of drug-likeness (QED) is 0.731. The fourth-order valence-corrected chi connectivity index (χ4v) is 4.88. The lowest BCUT2D eigenvalue weighted by atomic mass is 9.97. The summed E-state index contributed by atoms with van der Waals surface area (Å²) in [5.74, 6) is -0.825. The van der Waals surface area contributed by atoms with Crippen LogP contribution in [0.5, 0.6) is 0 Å². The predicted octanol–water partition coefficient (Wildman–Crippen LogP) is 3.93. The van der Waals surface area contributed by atoms with Crippen LogP contribution < -0.4 is 5.32 Å². The minimum absolute atomic E-state index is 0.0681. The zero-order valence-corrected chi connectivity index (χ0v) is 17.3. The number of aromatic nitrogens is 1. The van der Waals surface area contributed by atoms with Gasteiger partial charge in [0.1, 0.15) is 5.82 Å². The van der Waals surface area contributed by atoms with Gasteiger partial charge in [0.25, 0.3) is 0 Å². The molecular weight excluding hydrogens is 443 g/mol. The van der Waals surface area contributed by atoms with Crippen molar-refractivity contribution < 1.29 is 26.4 Å². The van der Waals surface area contributed by atoms with Crippen LogP contribution in [0.3, 0.4) is 0 Å². The van der Waals surface area contributed by atoms with Gasteiger partial charge < -0.3 is 5.32 Å². The monoisotopic (exact) mass is 461 g/mol. The SMILES string of the molecule is O=C(Nc1ccc(Cl)cn1)C1CCN(S(=O)(=O)Cc2cccc(C(F)(F)F)c2)CC1. The first kappa shape index (κ1) is 22.5. The predicted molar refractivity (Wildman–Crippen MR) is 106 cm³/mol. The second-order valence-corrected chi connectivity index (χ2v) is 9.38. The van der Waals surface area contributed by atoms with Crippen LogP contribution in [0.4, 0.5) is 19.0 Å². The van der Waals surface area contributed by atoms with E-state index in [4.69, 9.17) is 11.6 Å². The van der Waals surface area contributed by atoms with E-state index >= 15 is 0 Å². The van der Waals surface area contributed by atoms with Crippen molar-refractivity contribution in [1.82, 2.24) is 9.29 Å². The summed E-state index contributed by atoms with van der Waals surface area (Å²) in [6.07, 6.45) is -2.52. The molecule has 1 aliphatic heterocycles. The number of nitrogens with one attached hydrogen (secondary N) is 1. The number of hydrogen-bond donors (Lipinski definition) is 1. The molecular formula is C19H19ClF3N3O3S. The average Bonchev–Trinajstić information content (AvgIpc) is 2.69. The van der Waals surface area contributed by atoms with E-state index < -0.39 is 27.5 Å². The molecule has 0 unspecified atom stereocenters. The highest BCUT2D eigenvalue weighted by Crippen LogP contribution is 2.30. The van der Waals surface area contributed by atoms with Gasteiger partial charge in [0.2, 0.25) is 15.9 Å². The Balaban J connectivity index is 1.58. The largest absolute Gasteiger partial charge is 0.416 e. The number of anilines is 1. The van der Waals surface area contributed by atoms with Crippen LogP contribution in [0.15, 0.2) is 42.6 Å². The maximum Gasteiger partial charge on any atom is 0.416 e. The van der Waals surface area contributed by atoms with Gasteiger partial charge in [0.15, 0.2) is 0 Å².